The van der Waals surface area contributed by atoms with Gasteiger partial charge < -0.3 is 28.4 Å². The second kappa shape index (κ2) is 19.7. The lowest BCUT2D eigenvalue weighted by Gasteiger charge is -2.23. The molecule has 10 heteroatoms. The molecule has 0 aromatic heterocycles. The van der Waals surface area contributed by atoms with Gasteiger partial charge in [-0.05, 0) is 99.8 Å². The summed E-state index contributed by atoms with van der Waals surface area (Å²) in [5.74, 6) is -0.662. The number of ketones is 1. The fraction of sp³-hybridized carbons (Fsp3) is 0.366. The minimum absolute atomic E-state index is 0.165. The van der Waals surface area contributed by atoms with Gasteiger partial charge in [-0.1, -0.05) is 36.4 Å². The number of rotatable bonds is 18. The number of unbranched alkanes of at least 4 members (excludes halogenated alkanes) is 1. The maximum atomic E-state index is 13.4. The van der Waals surface area contributed by atoms with Gasteiger partial charge in [0.1, 0.15) is 29.5 Å². The van der Waals surface area contributed by atoms with E-state index in [1.165, 1.54) is 13.2 Å². The van der Waals surface area contributed by atoms with Crippen molar-refractivity contribution < 1.29 is 47.6 Å². The van der Waals surface area contributed by atoms with Crippen molar-refractivity contribution in [1.29, 1.82) is 0 Å². The number of para-hydroxylation sites is 1. The first-order valence-corrected chi connectivity index (χ1v) is 17.1. The fourth-order valence-corrected chi connectivity index (χ4v) is 5.78. The highest BCUT2D eigenvalue weighted by molar-refractivity contribution is 5.91. The van der Waals surface area contributed by atoms with Crippen LogP contribution in [0.5, 0.6) is 17.2 Å². The van der Waals surface area contributed by atoms with Gasteiger partial charge in [0, 0.05) is 24.7 Å². The quantitative estimate of drug-likeness (QED) is 0.0438. The minimum Gasteiger partial charge on any atom is -0.497 e. The number of allylic oxidation sites excluding steroid dienone is 2. The summed E-state index contributed by atoms with van der Waals surface area (Å²) in [7, 11) is 3.08. The highest BCUT2D eigenvalue weighted by Gasteiger charge is 2.46. The Bertz CT molecular complexity index is 1630. The Balaban J connectivity index is 1.56. The second-order valence-corrected chi connectivity index (χ2v) is 12.4. The van der Waals surface area contributed by atoms with E-state index >= 15 is 0 Å². The average Bonchev–Trinajstić information content (AvgIpc) is 3.45. The SMILES string of the molecule is COc1ccc(C(=O)O[C@H]2C[C@@H](OC(=O)c3ccc(OC)cc3)[C@@H](/C=C/C(=O)COc3ccccc3)[C@H]2C/C=C\CCCC(=O)OC(C)C)cc1. The summed E-state index contributed by atoms with van der Waals surface area (Å²) in [5, 5.41) is 0. The number of benzene rings is 3. The van der Waals surface area contributed by atoms with E-state index in [0.717, 1.165) is 0 Å². The van der Waals surface area contributed by atoms with Crippen LogP contribution in [0.3, 0.4) is 0 Å². The van der Waals surface area contributed by atoms with Crippen LogP contribution in [0.4, 0.5) is 0 Å². The van der Waals surface area contributed by atoms with Gasteiger partial charge in [-0.15, -0.1) is 0 Å². The normalized spacial score (nSPS) is 18.5. The van der Waals surface area contributed by atoms with Crippen LogP contribution in [-0.4, -0.2) is 62.8 Å². The Morgan fingerprint density at radius 1 is 0.745 bits per heavy atom. The van der Waals surface area contributed by atoms with Crippen molar-refractivity contribution >= 4 is 23.7 Å². The number of methoxy groups -OCH3 is 2. The first-order chi connectivity index (χ1) is 24.7. The summed E-state index contributed by atoms with van der Waals surface area (Å²) in [5.41, 5.74) is 0.675. The van der Waals surface area contributed by atoms with Crippen LogP contribution in [-0.2, 0) is 23.8 Å². The van der Waals surface area contributed by atoms with Gasteiger partial charge in [-0.25, -0.2) is 9.59 Å². The summed E-state index contributed by atoms with van der Waals surface area (Å²) in [6.45, 7) is 3.45. The van der Waals surface area contributed by atoms with Crippen LogP contribution in [0.2, 0.25) is 0 Å². The Morgan fingerprint density at radius 3 is 1.90 bits per heavy atom. The number of ether oxygens (including phenoxy) is 6. The number of esters is 3. The van der Waals surface area contributed by atoms with E-state index in [1.54, 1.807) is 73.8 Å². The van der Waals surface area contributed by atoms with Crippen LogP contribution in [0.15, 0.2) is 103 Å². The first-order valence-electron chi connectivity index (χ1n) is 17.1. The van der Waals surface area contributed by atoms with E-state index in [2.05, 4.69) is 0 Å². The van der Waals surface area contributed by atoms with E-state index in [1.807, 2.05) is 44.2 Å². The van der Waals surface area contributed by atoms with Gasteiger partial charge in [0.15, 0.2) is 12.4 Å². The Labute approximate surface area is 299 Å². The van der Waals surface area contributed by atoms with Gasteiger partial charge in [0.2, 0.25) is 0 Å². The Hall–Kier alpha value is -5.38. The van der Waals surface area contributed by atoms with E-state index in [0.29, 0.717) is 54.1 Å². The van der Waals surface area contributed by atoms with Crippen molar-refractivity contribution in [3.05, 3.63) is 114 Å². The van der Waals surface area contributed by atoms with E-state index in [9.17, 15) is 19.2 Å². The van der Waals surface area contributed by atoms with E-state index < -0.39 is 30.1 Å². The first kappa shape index (κ1) is 38.4. The van der Waals surface area contributed by atoms with Crippen molar-refractivity contribution in [3.8, 4) is 17.2 Å². The molecule has 1 fully saturated rings. The molecule has 0 spiro atoms. The van der Waals surface area contributed by atoms with Crippen molar-refractivity contribution in [2.24, 2.45) is 11.8 Å². The Morgan fingerprint density at radius 2 is 1.33 bits per heavy atom. The molecule has 4 atom stereocenters. The molecule has 1 aliphatic rings. The van der Waals surface area contributed by atoms with Crippen LogP contribution in [0.1, 0.15) is 66.7 Å². The molecule has 0 bridgehead atoms. The lowest BCUT2D eigenvalue weighted by atomic mass is 9.89. The van der Waals surface area contributed by atoms with Crippen molar-refractivity contribution in [3.63, 3.8) is 0 Å². The number of carbonyl (C=O) groups is 4. The van der Waals surface area contributed by atoms with Crippen LogP contribution < -0.4 is 14.2 Å². The van der Waals surface area contributed by atoms with Crippen LogP contribution in [0, 0.1) is 11.8 Å². The third-order valence-corrected chi connectivity index (χ3v) is 8.36. The number of carbonyl (C=O) groups excluding carboxylic acids is 4. The van der Waals surface area contributed by atoms with Crippen molar-refractivity contribution in [1.82, 2.24) is 0 Å². The molecule has 0 unspecified atom stereocenters. The molecule has 1 saturated carbocycles. The topological polar surface area (TPSA) is 124 Å². The highest BCUT2D eigenvalue weighted by Crippen LogP contribution is 2.41. The average molecular weight is 699 g/mol. The summed E-state index contributed by atoms with van der Waals surface area (Å²) >= 11 is 0. The largest absolute Gasteiger partial charge is 0.497 e. The molecule has 1 aliphatic carbocycles. The molecule has 270 valence electrons. The molecule has 10 nitrogen and oxygen atoms in total. The molecule has 0 amide bonds. The third-order valence-electron chi connectivity index (χ3n) is 8.36. The molecule has 0 saturated heterocycles. The molecular formula is C41H46O10. The molecule has 3 aromatic carbocycles. The fourth-order valence-electron chi connectivity index (χ4n) is 5.78. The predicted molar refractivity (Wildman–Crippen MR) is 191 cm³/mol. The van der Waals surface area contributed by atoms with Crippen LogP contribution >= 0.6 is 0 Å². The van der Waals surface area contributed by atoms with Gasteiger partial charge in [0.05, 0.1) is 31.5 Å². The summed E-state index contributed by atoms with van der Waals surface area (Å²) < 4.78 is 33.5. The van der Waals surface area contributed by atoms with Crippen LogP contribution in [0.25, 0.3) is 0 Å². The Kier molecular flexibility index (Phi) is 14.9. The maximum Gasteiger partial charge on any atom is 0.338 e. The number of hydrogen-bond acceptors (Lipinski definition) is 10. The molecule has 0 N–H and O–H groups in total. The van der Waals surface area contributed by atoms with E-state index in [-0.39, 0.29) is 36.8 Å². The predicted octanol–water partition coefficient (Wildman–Crippen LogP) is 7.36. The number of hydrogen-bond donors (Lipinski definition) is 0. The van der Waals surface area contributed by atoms with Gasteiger partial charge in [0.25, 0.3) is 0 Å². The minimum atomic E-state index is -0.712. The zero-order valence-electron chi connectivity index (χ0n) is 29.5. The molecule has 0 aliphatic heterocycles. The zero-order chi connectivity index (χ0) is 36.6. The molecular weight excluding hydrogens is 652 g/mol. The van der Waals surface area contributed by atoms with Gasteiger partial charge >= 0.3 is 17.9 Å². The monoisotopic (exact) mass is 698 g/mol. The zero-order valence-corrected chi connectivity index (χ0v) is 29.5. The summed E-state index contributed by atoms with van der Waals surface area (Å²) in [6, 6.07) is 22.2. The van der Waals surface area contributed by atoms with Crippen molar-refractivity contribution in [2.75, 3.05) is 20.8 Å². The standard InChI is InChI=1S/C41H46O10/c1-28(2)49-39(43)15-11-6-5-10-14-35-36(25-20-31(42)27-48-34-12-8-7-9-13-34)38(51-41(45)30-18-23-33(47-4)24-19-30)26-37(35)50-40(44)29-16-21-32(46-3)22-17-29/h5,7-10,12-13,16-25,28,35-38H,6,11,14-15,26-27H2,1-4H3/b10-5-,25-20+/t35-,36+,37+,38-/m1/s1. The lowest BCUT2D eigenvalue weighted by molar-refractivity contribution is -0.147. The maximum absolute atomic E-state index is 13.4. The molecule has 0 radical (unpaired) electrons. The molecule has 0 heterocycles. The van der Waals surface area contributed by atoms with E-state index in [4.69, 9.17) is 28.4 Å². The molecule has 51 heavy (non-hydrogen) atoms. The van der Waals surface area contributed by atoms with Crippen molar-refractivity contribution in [2.45, 2.75) is 64.3 Å². The molecule has 4 rings (SSSR count). The highest BCUT2D eigenvalue weighted by atomic mass is 16.6. The van der Waals surface area contributed by atoms with Gasteiger partial charge in [-0.3, -0.25) is 9.59 Å². The molecule has 3 aromatic rings. The second-order valence-electron chi connectivity index (χ2n) is 12.4. The lowest BCUT2D eigenvalue weighted by Crippen LogP contribution is -2.26. The smallest absolute Gasteiger partial charge is 0.338 e. The summed E-state index contributed by atoms with van der Waals surface area (Å²) in [6.07, 6.45) is 7.81. The third kappa shape index (κ3) is 12.2. The summed E-state index contributed by atoms with van der Waals surface area (Å²) in [4.78, 5) is 51.7. The van der Waals surface area contributed by atoms with Gasteiger partial charge in [-0.2, -0.15) is 0 Å².